The van der Waals surface area contributed by atoms with Crippen molar-refractivity contribution in [1.82, 2.24) is 4.98 Å². The quantitative estimate of drug-likeness (QED) is 0.427. The molecular weight excluding hydrogens is 393 g/mol. The second-order valence-electron chi connectivity index (χ2n) is 5.14. The fourth-order valence-electron chi connectivity index (χ4n) is 2.23. The number of ether oxygens (including phenoxy) is 2. The summed E-state index contributed by atoms with van der Waals surface area (Å²) in [5.41, 5.74) is 5.31. The van der Waals surface area contributed by atoms with Crippen LogP contribution in [0, 0.1) is 0 Å². The molecule has 0 saturated heterocycles. The summed E-state index contributed by atoms with van der Waals surface area (Å²) in [6, 6.07) is 10.8. The van der Waals surface area contributed by atoms with Crippen molar-refractivity contribution in [3.63, 3.8) is 0 Å². The van der Waals surface area contributed by atoms with Crippen LogP contribution in [0.25, 0.3) is 11.3 Å². The maximum atomic E-state index is 6.22. The smallest absolute Gasteiger partial charge is 0.203 e. The van der Waals surface area contributed by atoms with Gasteiger partial charge in [0.2, 0.25) is 5.13 Å². The fraction of sp³-hybridized carbons (Fsp3) is 0.111. The average molecular weight is 408 g/mol. The first-order chi connectivity index (χ1) is 12.6. The van der Waals surface area contributed by atoms with E-state index in [-0.39, 0.29) is 0 Å². The molecule has 0 aliphatic rings. The van der Waals surface area contributed by atoms with E-state index in [9.17, 15) is 0 Å². The molecule has 0 bridgehead atoms. The van der Waals surface area contributed by atoms with Gasteiger partial charge in [0.05, 0.1) is 31.2 Å². The first kappa shape index (κ1) is 18.5. The Morgan fingerprint density at radius 3 is 2.69 bits per heavy atom. The molecule has 26 heavy (non-hydrogen) atoms. The van der Waals surface area contributed by atoms with Crippen LogP contribution in [0.15, 0.2) is 46.9 Å². The minimum atomic E-state index is 0.556. The van der Waals surface area contributed by atoms with Crippen molar-refractivity contribution in [1.29, 1.82) is 0 Å². The molecule has 0 spiro atoms. The molecule has 8 heteroatoms. The Bertz CT molecular complexity index is 944. The molecular formula is C18H15Cl2N3O2S. The maximum absolute atomic E-state index is 6.22. The lowest BCUT2D eigenvalue weighted by molar-refractivity contribution is 0.394. The number of hydrazone groups is 1. The fourth-order valence-corrected chi connectivity index (χ4v) is 3.39. The van der Waals surface area contributed by atoms with Crippen molar-refractivity contribution in [2.45, 2.75) is 0 Å². The van der Waals surface area contributed by atoms with Gasteiger partial charge in [-0.3, -0.25) is 5.43 Å². The molecule has 0 unspecified atom stereocenters. The first-order valence-electron chi connectivity index (χ1n) is 7.52. The van der Waals surface area contributed by atoms with Gasteiger partial charge in [0.15, 0.2) is 0 Å². The summed E-state index contributed by atoms with van der Waals surface area (Å²) >= 11 is 13.6. The number of thiazole rings is 1. The average Bonchev–Trinajstić information content (AvgIpc) is 3.10. The predicted octanol–water partition coefficient (Wildman–Crippen LogP) is 5.58. The summed E-state index contributed by atoms with van der Waals surface area (Å²) in [5.74, 6) is 1.39. The van der Waals surface area contributed by atoms with Crippen molar-refractivity contribution >= 4 is 45.9 Å². The van der Waals surface area contributed by atoms with Crippen LogP contribution in [-0.2, 0) is 0 Å². The zero-order valence-electron chi connectivity index (χ0n) is 14.0. The van der Waals surface area contributed by atoms with E-state index in [1.807, 2.05) is 23.6 Å². The summed E-state index contributed by atoms with van der Waals surface area (Å²) in [6.45, 7) is 0. The second kappa shape index (κ2) is 8.40. The van der Waals surface area contributed by atoms with E-state index < -0.39 is 0 Å². The molecule has 1 N–H and O–H groups in total. The van der Waals surface area contributed by atoms with E-state index in [0.717, 1.165) is 22.6 Å². The van der Waals surface area contributed by atoms with Gasteiger partial charge in [0.1, 0.15) is 11.5 Å². The van der Waals surface area contributed by atoms with E-state index in [4.69, 9.17) is 32.7 Å². The lowest BCUT2D eigenvalue weighted by Crippen LogP contribution is -1.95. The minimum absolute atomic E-state index is 0.556. The van der Waals surface area contributed by atoms with Crippen molar-refractivity contribution in [3.8, 4) is 22.8 Å². The highest BCUT2D eigenvalue weighted by molar-refractivity contribution is 7.14. The number of nitrogens with one attached hydrogen (secondary N) is 1. The van der Waals surface area contributed by atoms with Gasteiger partial charge in [0, 0.05) is 27.6 Å². The highest BCUT2D eigenvalue weighted by Crippen LogP contribution is 2.32. The number of rotatable bonds is 6. The lowest BCUT2D eigenvalue weighted by atomic mass is 10.2. The third-order valence-corrected chi connectivity index (χ3v) is 4.81. The minimum Gasteiger partial charge on any atom is -0.497 e. The Hall–Kier alpha value is -2.28. The molecule has 134 valence electrons. The molecule has 3 rings (SSSR count). The van der Waals surface area contributed by atoms with Gasteiger partial charge in [-0.25, -0.2) is 4.98 Å². The van der Waals surface area contributed by atoms with E-state index in [1.54, 1.807) is 38.6 Å². The van der Waals surface area contributed by atoms with E-state index in [1.165, 1.54) is 11.3 Å². The van der Waals surface area contributed by atoms with Gasteiger partial charge >= 0.3 is 0 Å². The number of benzene rings is 2. The summed E-state index contributed by atoms with van der Waals surface area (Å²) in [5, 5.41) is 7.91. The number of methoxy groups -OCH3 is 2. The Labute approximate surface area is 165 Å². The molecule has 0 aliphatic heterocycles. The largest absolute Gasteiger partial charge is 0.497 e. The Kier molecular flexibility index (Phi) is 5.98. The third kappa shape index (κ3) is 4.27. The number of anilines is 1. The Morgan fingerprint density at radius 2 is 1.96 bits per heavy atom. The van der Waals surface area contributed by atoms with Crippen LogP contribution in [-0.4, -0.2) is 25.4 Å². The summed E-state index contributed by atoms with van der Waals surface area (Å²) in [6.07, 6.45) is 1.66. The van der Waals surface area contributed by atoms with E-state index in [2.05, 4.69) is 15.5 Å². The van der Waals surface area contributed by atoms with Crippen LogP contribution in [0.1, 0.15) is 5.56 Å². The van der Waals surface area contributed by atoms with Gasteiger partial charge in [-0.05, 0) is 30.3 Å². The first-order valence-corrected chi connectivity index (χ1v) is 9.16. The Morgan fingerprint density at radius 1 is 1.12 bits per heavy atom. The third-order valence-electron chi connectivity index (χ3n) is 3.52. The number of hydrogen-bond acceptors (Lipinski definition) is 6. The van der Waals surface area contributed by atoms with Crippen molar-refractivity contribution in [2.75, 3.05) is 19.6 Å². The van der Waals surface area contributed by atoms with Crippen molar-refractivity contribution in [3.05, 3.63) is 57.4 Å². The SMILES string of the molecule is COc1ccc(C=NNc2nc(-c3ccc(Cl)cc3Cl)cs2)c(OC)c1. The lowest BCUT2D eigenvalue weighted by Gasteiger charge is -2.06. The standard InChI is InChI=1S/C18H15Cl2N3O2S/c1-24-13-5-3-11(17(8-13)25-2)9-21-23-18-22-16(10-26-18)14-6-4-12(19)7-15(14)20/h3-10H,1-2H3,(H,22,23). The number of aromatic nitrogens is 1. The molecule has 2 aromatic carbocycles. The van der Waals surface area contributed by atoms with E-state index in [0.29, 0.717) is 20.9 Å². The second-order valence-corrected chi connectivity index (χ2v) is 6.84. The van der Waals surface area contributed by atoms with Gasteiger partial charge < -0.3 is 9.47 Å². The van der Waals surface area contributed by atoms with Gasteiger partial charge in [-0.2, -0.15) is 5.10 Å². The van der Waals surface area contributed by atoms with Gasteiger partial charge in [-0.1, -0.05) is 23.2 Å². The molecule has 1 aromatic heterocycles. The van der Waals surface area contributed by atoms with E-state index >= 15 is 0 Å². The Balaban J connectivity index is 1.73. The molecule has 1 heterocycles. The number of hydrogen-bond donors (Lipinski definition) is 1. The zero-order chi connectivity index (χ0) is 18.5. The molecule has 0 amide bonds. The zero-order valence-corrected chi connectivity index (χ0v) is 16.3. The summed E-state index contributed by atoms with van der Waals surface area (Å²) < 4.78 is 10.5. The van der Waals surface area contributed by atoms with Crippen LogP contribution in [0.5, 0.6) is 11.5 Å². The highest BCUT2D eigenvalue weighted by atomic mass is 35.5. The van der Waals surface area contributed by atoms with Crippen LogP contribution in [0.3, 0.4) is 0 Å². The molecule has 3 aromatic rings. The summed E-state index contributed by atoms with van der Waals surface area (Å²) in [7, 11) is 3.21. The van der Waals surface area contributed by atoms with Crippen molar-refractivity contribution < 1.29 is 9.47 Å². The van der Waals surface area contributed by atoms with Crippen LogP contribution >= 0.6 is 34.5 Å². The molecule has 0 fully saturated rings. The van der Waals surface area contributed by atoms with Crippen molar-refractivity contribution in [2.24, 2.45) is 5.10 Å². The number of nitrogens with zero attached hydrogens (tertiary/aromatic N) is 2. The monoisotopic (exact) mass is 407 g/mol. The van der Waals surface area contributed by atoms with Crippen LogP contribution in [0.4, 0.5) is 5.13 Å². The van der Waals surface area contributed by atoms with Gasteiger partial charge in [-0.15, -0.1) is 11.3 Å². The van der Waals surface area contributed by atoms with Gasteiger partial charge in [0.25, 0.3) is 0 Å². The predicted molar refractivity (Wildman–Crippen MR) is 108 cm³/mol. The normalized spacial score (nSPS) is 10.9. The molecule has 0 saturated carbocycles. The molecule has 0 atom stereocenters. The number of halogens is 2. The maximum Gasteiger partial charge on any atom is 0.203 e. The molecule has 0 aliphatic carbocycles. The summed E-state index contributed by atoms with van der Waals surface area (Å²) in [4.78, 5) is 4.49. The highest BCUT2D eigenvalue weighted by Gasteiger charge is 2.09. The molecule has 5 nitrogen and oxygen atoms in total. The van der Waals surface area contributed by atoms with Crippen LogP contribution < -0.4 is 14.9 Å². The van der Waals surface area contributed by atoms with Crippen LogP contribution in [0.2, 0.25) is 10.0 Å². The molecule has 0 radical (unpaired) electrons. The topological polar surface area (TPSA) is 55.7 Å².